The summed E-state index contributed by atoms with van der Waals surface area (Å²) in [6.07, 6.45) is 0. The first kappa shape index (κ1) is 11.1. The lowest BCUT2D eigenvalue weighted by molar-refractivity contribution is -0.144. The van der Waals surface area contributed by atoms with Gasteiger partial charge in [-0.2, -0.15) is 0 Å². The summed E-state index contributed by atoms with van der Waals surface area (Å²) in [4.78, 5) is 11.3. The van der Waals surface area contributed by atoms with Crippen LogP contribution in [0.1, 0.15) is 5.56 Å². The van der Waals surface area contributed by atoms with E-state index in [0.29, 0.717) is 25.9 Å². The van der Waals surface area contributed by atoms with Gasteiger partial charge in [0.15, 0.2) is 0 Å². The zero-order chi connectivity index (χ0) is 11.2. The molecule has 4 nitrogen and oxygen atoms in total. The maximum Gasteiger partial charge on any atom is 0.320 e. The van der Waals surface area contributed by atoms with Crippen LogP contribution in [0.4, 0.5) is 0 Å². The molecular formula is C12H15NO3. The number of rotatable bonds is 5. The molecule has 0 unspecified atom stereocenters. The Hall–Kier alpha value is -1.39. The molecule has 0 saturated carbocycles. The lowest BCUT2D eigenvalue weighted by atomic mass is 10.2. The smallest absolute Gasteiger partial charge is 0.320 e. The number of esters is 1. The summed E-state index contributed by atoms with van der Waals surface area (Å²) in [5, 5.41) is 3.06. The monoisotopic (exact) mass is 221 g/mol. The molecule has 0 radical (unpaired) electrons. The second-order valence-electron chi connectivity index (χ2n) is 3.76. The zero-order valence-corrected chi connectivity index (χ0v) is 9.02. The Morgan fingerprint density at radius 2 is 2.12 bits per heavy atom. The predicted octanol–water partition coefficient (Wildman–Crippen LogP) is 0.718. The average Bonchev–Trinajstić information content (AvgIpc) is 2.26. The van der Waals surface area contributed by atoms with Gasteiger partial charge >= 0.3 is 5.97 Å². The highest BCUT2D eigenvalue weighted by molar-refractivity contribution is 5.71. The molecule has 1 aliphatic rings. The molecule has 0 bridgehead atoms. The minimum absolute atomic E-state index is 0.226. The van der Waals surface area contributed by atoms with Crippen molar-refractivity contribution >= 4 is 5.97 Å². The first-order chi connectivity index (χ1) is 7.84. The van der Waals surface area contributed by atoms with E-state index in [9.17, 15) is 4.79 Å². The summed E-state index contributed by atoms with van der Waals surface area (Å²) in [5.41, 5.74) is 1.00. The first-order valence-corrected chi connectivity index (χ1v) is 5.35. The number of carbonyl (C=O) groups excluding carboxylic acids is 1. The fraction of sp³-hybridized carbons (Fsp3) is 0.417. The molecule has 0 atom stereocenters. The summed E-state index contributed by atoms with van der Waals surface area (Å²) < 4.78 is 10.1. The molecule has 1 aromatic rings. The Morgan fingerprint density at radius 1 is 1.38 bits per heavy atom. The quantitative estimate of drug-likeness (QED) is 0.744. The lowest BCUT2D eigenvalue weighted by Gasteiger charge is -2.26. The molecule has 1 saturated heterocycles. The molecule has 1 aromatic carbocycles. The molecule has 1 heterocycles. The van der Waals surface area contributed by atoms with Crippen molar-refractivity contribution in [3.05, 3.63) is 35.9 Å². The molecule has 1 fully saturated rings. The Kier molecular flexibility index (Phi) is 3.91. The van der Waals surface area contributed by atoms with E-state index in [-0.39, 0.29) is 12.5 Å². The van der Waals surface area contributed by atoms with E-state index < -0.39 is 0 Å². The molecule has 4 heteroatoms. The topological polar surface area (TPSA) is 47.6 Å². The van der Waals surface area contributed by atoms with Crippen LogP contribution >= 0.6 is 0 Å². The van der Waals surface area contributed by atoms with Crippen molar-refractivity contribution in [1.82, 2.24) is 5.32 Å². The average molecular weight is 221 g/mol. The third-order valence-corrected chi connectivity index (χ3v) is 2.42. The van der Waals surface area contributed by atoms with Gasteiger partial charge in [-0.15, -0.1) is 0 Å². The summed E-state index contributed by atoms with van der Waals surface area (Å²) >= 11 is 0. The van der Waals surface area contributed by atoms with Crippen LogP contribution in [-0.4, -0.2) is 31.8 Å². The molecule has 1 N–H and O–H groups in total. The van der Waals surface area contributed by atoms with Crippen molar-refractivity contribution in [2.75, 3.05) is 19.8 Å². The van der Waals surface area contributed by atoms with Gasteiger partial charge in [-0.1, -0.05) is 30.3 Å². The van der Waals surface area contributed by atoms with Gasteiger partial charge in [0, 0.05) is 0 Å². The van der Waals surface area contributed by atoms with Gasteiger partial charge in [0.25, 0.3) is 0 Å². The summed E-state index contributed by atoms with van der Waals surface area (Å²) in [7, 11) is 0. The van der Waals surface area contributed by atoms with Crippen LogP contribution in [0.2, 0.25) is 0 Å². The fourth-order valence-electron chi connectivity index (χ4n) is 1.37. The Morgan fingerprint density at radius 3 is 2.75 bits per heavy atom. The molecule has 0 amide bonds. The van der Waals surface area contributed by atoms with E-state index in [4.69, 9.17) is 9.47 Å². The molecule has 1 aliphatic heterocycles. The number of hydrogen-bond acceptors (Lipinski definition) is 4. The normalized spacial score (nSPS) is 15.5. The van der Waals surface area contributed by atoms with Crippen molar-refractivity contribution in [3.63, 3.8) is 0 Å². The van der Waals surface area contributed by atoms with E-state index in [0.717, 1.165) is 5.56 Å². The number of nitrogens with one attached hydrogen (secondary N) is 1. The fourth-order valence-corrected chi connectivity index (χ4v) is 1.37. The van der Waals surface area contributed by atoms with Crippen LogP contribution in [-0.2, 0) is 20.9 Å². The van der Waals surface area contributed by atoms with Crippen LogP contribution in [0.5, 0.6) is 0 Å². The van der Waals surface area contributed by atoms with Gasteiger partial charge in [-0.3, -0.25) is 10.1 Å². The molecule has 2 rings (SSSR count). The van der Waals surface area contributed by atoms with Crippen molar-refractivity contribution in [2.45, 2.75) is 12.6 Å². The van der Waals surface area contributed by atoms with Gasteiger partial charge in [0.05, 0.1) is 25.8 Å². The van der Waals surface area contributed by atoms with E-state index in [1.807, 2.05) is 30.3 Å². The van der Waals surface area contributed by atoms with Gasteiger partial charge in [-0.25, -0.2) is 0 Å². The second-order valence-corrected chi connectivity index (χ2v) is 3.76. The van der Waals surface area contributed by atoms with E-state index in [1.54, 1.807) is 0 Å². The Bertz CT molecular complexity index is 335. The Balaban J connectivity index is 1.63. The van der Waals surface area contributed by atoms with E-state index in [1.165, 1.54) is 0 Å². The number of carbonyl (C=O) groups is 1. The maximum atomic E-state index is 11.3. The van der Waals surface area contributed by atoms with Crippen molar-refractivity contribution in [3.8, 4) is 0 Å². The SMILES string of the molecule is O=C(CNC1COC1)OCc1ccccc1. The van der Waals surface area contributed by atoms with Crippen LogP contribution in [0.3, 0.4) is 0 Å². The zero-order valence-electron chi connectivity index (χ0n) is 9.02. The highest BCUT2D eigenvalue weighted by Crippen LogP contribution is 2.01. The summed E-state index contributed by atoms with van der Waals surface area (Å²) in [6, 6.07) is 9.95. The largest absolute Gasteiger partial charge is 0.460 e. The van der Waals surface area contributed by atoms with Crippen LogP contribution in [0.15, 0.2) is 30.3 Å². The Labute approximate surface area is 94.6 Å². The minimum Gasteiger partial charge on any atom is -0.460 e. The third kappa shape index (κ3) is 3.32. The maximum absolute atomic E-state index is 11.3. The molecule has 16 heavy (non-hydrogen) atoms. The molecule has 0 aromatic heterocycles. The second kappa shape index (κ2) is 5.63. The number of hydrogen-bond donors (Lipinski definition) is 1. The van der Waals surface area contributed by atoms with Crippen molar-refractivity contribution in [2.24, 2.45) is 0 Å². The molecule has 0 spiro atoms. The van der Waals surface area contributed by atoms with E-state index in [2.05, 4.69) is 5.32 Å². The van der Waals surface area contributed by atoms with Crippen LogP contribution < -0.4 is 5.32 Å². The lowest BCUT2D eigenvalue weighted by Crippen LogP contribution is -2.47. The van der Waals surface area contributed by atoms with Crippen LogP contribution in [0.25, 0.3) is 0 Å². The van der Waals surface area contributed by atoms with E-state index >= 15 is 0 Å². The van der Waals surface area contributed by atoms with Crippen molar-refractivity contribution < 1.29 is 14.3 Å². The van der Waals surface area contributed by atoms with Crippen LogP contribution in [0, 0.1) is 0 Å². The summed E-state index contributed by atoms with van der Waals surface area (Å²) in [6.45, 7) is 1.96. The highest BCUT2D eigenvalue weighted by Gasteiger charge is 2.18. The standard InChI is InChI=1S/C12H15NO3/c14-12(6-13-11-8-15-9-11)16-7-10-4-2-1-3-5-10/h1-5,11,13H,6-9H2. The van der Waals surface area contributed by atoms with Crippen molar-refractivity contribution in [1.29, 1.82) is 0 Å². The first-order valence-electron chi connectivity index (χ1n) is 5.35. The number of ether oxygens (including phenoxy) is 2. The predicted molar refractivity (Wildman–Crippen MR) is 58.8 cm³/mol. The molecule has 0 aliphatic carbocycles. The van der Waals surface area contributed by atoms with Gasteiger partial charge < -0.3 is 9.47 Å². The van der Waals surface area contributed by atoms with Gasteiger partial charge in [0.1, 0.15) is 6.61 Å². The van der Waals surface area contributed by atoms with Gasteiger partial charge in [-0.05, 0) is 5.56 Å². The summed E-state index contributed by atoms with van der Waals surface area (Å²) in [5.74, 6) is -0.226. The molecular weight excluding hydrogens is 206 g/mol. The van der Waals surface area contributed by atoms with Gasteiger partial charge in [0.2, 0.25) is 0 Å². The highest BCUT2D eigenvalue weighted by atomic mass is 16.5. The third-order valence-electron chi connectivity index (χ3n) is 2.42. The number of benzene rings is 1. The minimum atomic E-state index is -0.226. The molecule has 86 valence electrons.